The molecule has 1 aromatic carbocycles. The van der Waals surface area contributed by atoms with Crippen LogP contribution in [0.5, 0.6) is 5.75 Å². The van der Waals surface area contributed by atoms with E-state index in [1.165, 1.54) is 5.56 Å². The third kappa shape index (κ3) is 6.25. The van der Waals surface area contributed by atoms with Crippen LogP contribution in [0, 0.1) is 5.92 Å². The third-order valence-electron chi connectivity index (χ3n) is 7.05. The standard InChI is InChI=1S/C25H38N4O4/c1-32-21-8-4-18(5-9-21)16-28(17-22-3-2-14-33-22)20-10-13-29(25(31)19-6-7-19)23(15-20)24(30)27-12-11-26/h4-5,8-9,19-20,22-23H,2-3,6-7,10-17,26H2,1H3,(H,27,30)/t20?,22?,23-/m1/s1. The minimum absolute atomic E-state index is 0.0827. The number of hydrogen-bond acceptors (Lipinski definition) is 6. The van der Waals surface area contributed by atoms with Gasteiger partial charge in [0.05, 0.1) is 13.2 Å². The van der Waals surface area contributed by atoms with Gasteiger partial charge in [-0.05, 0) is 56.2 Å². The van der Waals surface area contributed by atoms with Gasteiger partial charge in [0.25, 0.3) is 0 Å². The SMILES string of the molecule is COc1ccc(CN(CC2CCCO2)C2CCN(C(=O)C3CC3)[C@@H](C(=O)NCCN)C2)cc1. The molecule has 4 rings (SSSR count). The lowest BCUT2D eigenvalue weighted by molar-refractivity contribution is -0.145. The van der Waals surface area contributed by atoms with E-state index in [0.29, 0.717) is 26.1 Å². The van der Waals surface area contributed by atoms with Crippen LogP contribution in [-0.4, -0.2) is 79.7 Å². The van der Waals surface area contributed by atoms with E-state index in [0.717, 1.165) is 57.6 Å². The molecule has 1 saturated carbocycles. The summed E-state index contributed by atoms with van der Waals surface area (Å²) < 4.78 is 11.3. The Morgan fingerprint density at radius 3 is 2.64 bits per heavy atom. The number of carbonyl (C=O) groups is 2. The summed E-state index contributed by atoms with van der Waals surface area (Å²) >= 11 is 0. The van der Waals surface area contributed by atoms with E-state index in [1.807, 2.05) is 17.0 Å². The first-order chi connectivity index (χ1) is 16.1. The number of ether oxygens (including phenoxy) is 2. The molecule has 2 unspecified atom stereocenters. The molecule has 3 aliphatic rings. The van der Waals surface area contributed by atoms with Gasteiger partial charge in [-0.2, -0.15) is 0 Å². The van der Waals surface area contributed by atoms with E-state index in [1.54, 1.807) is 7.11 Å². The minimum atomic E-state index is -0.439. The first kappa shape index (κ1) is 24.0. The number of methoxy groups -OCH3 is 1. The average Bonchev–Trinajstić information content (AvgIpc) is 3.58. The molecule has 3 atom stereocenters. The normalized spacial score (nSPS) is 25.3. The predicted molar refractivity (Wildman–Crippen MR) is 126 cm³/mol. The molecule has 33 heavy (non-hydrogen) atoms. The van der Waals surface area contributed by atoms with E-state index in [9.17, 15) is 9.59 Å². The third-order valence-corrected chi connectivity index (χ3v) is 7.05. The van der Waals surface area contributed by atoms with Gasteiger partial charge < -0.3 is 25.4 Å². The molecular weight excluding hydrogens is 420 g/mol. The molecule has 8 heteroatoms. The highest BCUT2D eigenvalue weighted by Gasteiger charge is 2.43. The first-order valence-electron chi connectivity index (χ1n) is 12.4. The van der Waals surface area contributed by atoms with Crippen molar-refractivity contribution in [1.82, 2.24) is 15.1 Å². The maximum Gasteiger partial charge on any atom is 0.242 e. The zero-order valence-electron chi connectivity index (χ0n) is 19.7. The zero-order valence-corrected chi connectivity index (χ0v) is 19.7. The molecule has 1 aliphatic carbocycles. The molecule has 3 fully saturated rings. The molecule has 0 spiro atoms. The summed E-state index contributed by atoms with van der Waals surface area (Å²) in [5, 5.41) is 2.93. The van der Waals surface area contributed by atoms with Crippen molar-refractivity contribution in [3.8, 4) is 5.75 Å². The van der Waals surface area contributed by atoms with Gasteiger partial charge in [0.1, 0.15) is 11.8 Å². The van der Waals surface area contributed by atoms with Gasteiger partial charge in [-0.3, -0.25) is 14.5 Å². The number of nitrogens with zero attached hydrogens (tertiary/aromatic N) is 2. The average molecular weight is 459 g/mol. The molecular formula is C25H38N4O4. The number of nitrogens with one attached hydrogen (secondary N) is 1. The van der Waals surface area contributed by atoms with E-state index in [2.05, 4.69) is 22.3 Å². The minimum Gasteiger partial charge on any atom is -0.497 e. The summed E-state index contributed by atoms with van der Waals surface area (Å²) in [5.41, 5.74) is 6.81. The van der Waals surface area contributed by atoms with Gasteiger partial charge >= 0.3 is 0 Å². The Labute approximate surface area is 196 Å². The van der Waals surface area contributed by atoms with Crippen LogP contribution in [0.15, 0.2) is 24.3 Å². The summed E-state index contributed by atoms with van der Waals surface area (Å²) in [6.45, 7) is 3.87. The van der Waals surface area contributed by atoms with Crippen molar-refractivity contribution in [1.29, 1.82) is 0 Å². The van der Waals surface area contributed by atoms with Gasteiger partial charge in [-0.25, -0.2) is 0 Å². The molecule has 2 saturated heterocycles. The molecule has 182 valence electrons. The monoisotopic (exact) mass is 458 g/mol. The summed E-state index contributed by atoms with van der Waals surface area (Å²) in [6, 6.07) is 7.93. The van der Waals surface area contributed by atoms with E-state index < -0.39 is 6.04 Å². The maximum absolute atomic E-state index is 13.0. The second-order valence-corrected chi connectivity index (χ2v) is 9.49. The van der Waals surface area contributed by atoms with Crippen LogP contribution in [-0.2, 0) is 20.9 Å². The van der Waals surface area contributed by atoms with Crippen molar-refractivity contribution in [2.45, 2.75) is 63.3 Å². The second kappa shape index (κ2) is 11.3. The Hall–Kier alpha value is -2.16. The molecule has 2 aliphatic heterocycles. The Kier molecular flexibility index (Phi) is 8.22. The Morgan fingerprint density at radius 1 is 1.21 bits per heavy atom. The molecule has 2 amide bonds. The van der Waals surface area contributed by atoms with Crippen molar-refractivity contribution in [2.75, 3.05) is 39.9 Å². The molecule has 0 bridgehead atoms. The van der Waals surface area contributed by atoms with Crippen LogP contribution < -0.4 is 15.8 Å². The van der Waals surface area contributed by atoms with Crippen molar-refractivity contribution >= 4 is 11.8 Å². The fraction of sp³-hybridized carbons (Fsp3) is 0.680. The van der Waals surface area contributed by atoms with Gasteiger partial charge in [-0.15, -0.1) is 0 Å². The van der Waals surface area contributed by atoms with Crippen LogP contribution >= 0.6 is 0 Å². The maximum atomic E-state index is 13.0. The molecule has 1 aromatic rings. The Bertz CT molecular complexity index is 792. The van der Waals surface area contributed by atoms with Crippen molar-refractivity contribution in [2.24, 2.45) is 11.7 Å². The van der Waals surface area contributed by atoms with Crippen LogP contribution in [0.25, 0.3) is 0 Å². The number of likely N-dealkylation sites (tertiary alicyclic amines) is 1. The quantitative estimate of drug-likeness (QED) is 0.552. The highest BCUT2D eigenvalue weighted by molar-refractivity contribution is 5.89. The highest BCUT2D eigenvalue weighted by atomic mass is 16.5. The van der Waals surface area contributed by atoms with Crippen molar-refractivity contribution in [3.63, 3.8) is 0 Å². The van der Waals surface area contributed by atoms with E-state index >= 15 is 0 Å². The lowest BCUT2D eigenvalue weighted by atomic mass is 9.93. The van der Waals surface area contributed by atoms with Gasteiger partial charge in [0.15, 0.2) is 0 Å². The molecule has 3 N–H and O–H groups in total. The fourth-order valence-electron chi connectivity index (χ4n) is 5.03. The topological polar surface area (TPSA) is 97.1 Å². The molecule has 0 aromatic heterocycles. The number of carbonyl (C=O) groups excluding carboxylic acids is 2. The van der Waals surface area contributed by atoms with Crippen molar-refractivity contribution in [3.05, 3.63) is 29.8 Å². The zero-order chi connectivity index (χ0) is 23.2. The first-order valence-corrected chi connectivity index (χ1v) is 12.4. The van der Waals surface area contributed by atoms with Crippen LogP contribution in [0.4, 0.5) is 0 Å². The largest absolute Gasteiger partial charge is 0.497 e. The van der Waals surface area contributed by atoms with Crippen LogP contribution in [0.3, 0.4) is 0 Å². The van der Waals surface area contributed by atoms with E-state index in [4.69, 9.17) is 15.2 Å². The van der Waals surface area contributed by atoms with E-state index in [-0.39, 0.29) is 29.9 Å². The summed E-state index contributed by atoms with van der Waals surface area (Å²) in [5.74, 6) is 1.00. The summed E-state index contributed by atoms with van der Waals surface area (Å²) in [6.07, 6.45) is 5.77. The number of piperidine rings is 1. The fourth-order valence-corrected chi connectivity index (χ4v) is 5.03. The second-order valence-electron chi connectivity index (χ2n) is 9.49. The van der Waals surface area contributed by atoms with Crippen molar-refractivity contribution < 1.29 is 19.1 Å². The number of amides is 2. The molecule has 8 nitrogen and oxygen atoms in total. The van der Waals surface area contributed by atoms with Crippen LogP contribution in [0.2, 0.25) is 0 Å². The van der Waals surface area contributed by atoms with Gasteiger partial charge in [-0.1, -0.05) is 12.1 Å². The molecule has 2 heterocycles. The Balaban J connectivity index is 1.50. The number of nitrogens with two attached hydrogens (primary N) is 1. The number of rotatable bonds is 10. The smallest absolute Gasteiger partial charge is 0.242 e. The number of hydrogen-bond donors (Lipinski definition) is 2. The number of benzene rings is 1. The highest BCUT2D eigenvalue weighted by Crippen LogP contribution is 2.34. The van der Waals surface area contributed by atoms with Crippen LogP contribution in [0.1, 0.15) is 44.1 Å². The lowest BCUT2D eigenvalue weighted by Gasteiger charge is -2.43. The molecule has 0 radical (unpaired) electrons. The Morgan fingerprint density at radius 2 is 2.00 bits per heavy atom. The summed E-state index contributed by atoms with van der Waals surface area (Å²) in [4.78, 5) is 30.3. The predicted octanol–water partition coefficient (Wildman–Crippen LogP) is 1.52. The van der Waals surface area contributed by atoms with Gasteiger partial charge in [0.2, 0.25) is 11.8 Å². The summed E-state index contributed by atoms with van der Waals surface area (Å²) in [7, 11) is 1.67. The van der Waals surface area contributed by atoms with Gasteiger partial charge in [0, 0.05) is 51.3 Å². The lowest BCUT2D eigenvalue weighted by Crippen LogP contribution is -2.58.